The summed E-state index contributed by atoms with van der Waals surface area (Å²) in [5.41, 5.74) is -0.945. The molecule has 132 valence electrons. The predicted molar refractivity (Wildman–Crippen MR) is 86.1 cm³/mol. The van der Waals surface area contributed by atoms with Crippen LogP contribution in [0.15, 0.2) is 36.4 Å². The number of nitrogens with zero attached hydrogens (tertiary/aromatic N) is 1. The van der Waals surface area contributed by atoms with Gasteiger partial charge in [-0.15, -0.1) is 0 Å². The largest absolute Gasteiger partial charge is 0.417 e. The van der Waals surface area contributed by atoms with Gasteiger partial charge in [-0.25, -0.2) is 0 Å². The Balaban J connectivity index is 2.15. The molecule has 1 saturated carbocycles. The van der Waals surface area contributed by atoms with Gasteiger partial charge in [0.05, 0.1) is 5.57 Å². The van der Waals surface area contributed by atoms with E-state index in [0.29, 0.717) is 18.9 Å². The third-order valence-electron chi connectivity index (χ3n) is 4.63. The van der Waals surface area contributed by atoms with Gasteiger partial charge in [0.25, 0.3) is 0 Å². The van der Waals surface area contributed by atoms with Gasteiger partial charge in [-0.3, -0.25) is 4.79 Å². The lowest BCUT2D eigenvalue weighted by Crippen LogP contribution is -2.39. The highest BCUT2D eigenvalue weighted by Crippen LogP contribution is 2.34. The second-order valence-electron chi connectivity index (χ2n) is 6.23. The number of aliphatic hydroxyl groups is 1. The van der Waals surface area contributed by atoms with Crippen molar-refractivity contribution >= 4 is 11.5 Å². The zero-order valence-corrected chi connectivity index (χ0v) is 13.6. The molecule has 2 rings (SSSR count). The number of hydrogen-bond acceptors (Lipinski definition) is 2. The van der Waals surface area contributed by atoms with Gasteiger partial charge in [0.1, 0.15) is 0 Å². The molecule has 1 aromatic carbocycles. The van der Waals surface area contributed by atoms with E-state index in [1.165, 1.54) is 29.2 Å². The summed E-state index contributed by atoms with van der Waals surface area (Å²) in [6, 6.07) is 7.27. The molecule has 1 fully saturated rings. The van der Waals surface area contributed by atoms with E-state index >= 15 is 0 Å². The predicted octanol–water partition coefficient (Wildman–Crippen LogP) is 3.64. The average molecular weight is 341 g/mol. The monoisotopic (exact) mass is 341 g/mol. The van der Waals surface area contributed by atoms with Crippen molar-refractivity contribution < 1.29 is 23.1 Å². The molecule has 24 heavy (non-hydrogen) atoms. The van der Waals surface area contributed by atoms with Gasteiger partial charge in [-0.1, -0.05) is 30.3 Å². The van der Waals surface area contributed by atoms with Crippen molar-refractivity contribution in [2.24, 2.45) is 5.92 Å². The summed E-state index contributed by atoms with van der Waals surface area (Å²) in [4.78, 5) is 13.7. The summed E-state index contributed by atoms with van der Waals surface area (Å²) >= 11 is 0. The molecule has 0 aromatic heterocycles. The molecular weight excluding hydrogens is 319 g/mol. The van der Waals surface area contributed by atoms with Crippen molar-refractivity contribution in [2.75, 3.05) is 13.7 Å². The molecular formula is C18H22F3NO2. The van der Waals surface area contributed by atoms with Gasteiger partial charge >= 0.3 is 6.18 Å². The molecule has 1 aliphatic rings. The fourth-order valence-electron chi connectivity index (χ4n) is 3.07. The van der Waals surface area contributed by atoms with E-state index in [4.69, 9.17) is 5.11 Å². The minimum absolute atomic E-state index is 0.0178. The number of carbonyl (C=O) groups is 1. The Bertz CT molecular complexity index is 576. The van der Waals surface area contributed by atoms with E-state index in [1.807, 2.05) is 0 Å². The van der Waals surface area contributed by atoms with Crippen LogP contribution in [0.3, 0.4) is 0 Å². The van der Waals surface area contributed by atoms with Crippen LogP contribution in [-0.4, -0.2) is 41.8 Å². The molecule has 3 nitrogen and oxygen atoms in total. The first-order chi connectivity index (χ1) is 11.3. The number of allylic oxidation sites excluding steroid dienone is 1. The first-order valence-corrected chi connectivity index (χ1v) is 8.05. The molecule has 0 spiro atoms. The molecule has 0 atom stereocenters. The lowest BCUT2D eigenvalue weighted by Gasteiger charge is -2.33. The Morgan fingerprint density at radius 1 is 1.21 bits per heavy atom. The average Bonchev–Trinajstić information content (AvgIpc) is 2.58. The standard InChI is InChI=1S/C18H22F3NO2/c1-22(15-9-7-13(12-23)8-10-15)17(24)11-16(18(19,20)21)14-5-3-2-4-6-14/h2-6,11,13,15,23H,7-10,12H2,1H3/b16-11-. The molecule has 0 bridgehead atoms. The van der Waals surface area contributed by atoms with E-state index in [2.05, 4.69) is 0 Å². The maximum atomic E-state index is 13.3. The number of rotatable bonds is 4. The minimum Gasteiger partial charge on any atom is -0.396 e. The molecule has 0 unspecified atom stereocenters. The maximum Gasteiger partial charge on any atom is 0.417 e. The topological polar surface area (TPSA) is 40.5 Å². The Kier molecular flexibility index (Phi) is 6.04. The third-order valence-corrected chi connectivity index (χ3v) is 4.63. The van der Waals surface area contributed by atoms with Gasteiger partial charge in [-0.05, 0) is 37.2 Å². The fourth-order valence-corrected chi connectivity index (χ4v) is 3.07. The van der Waals surface area contributed by atoms with Crippen LogP contribution in [-0.2, 0) is 4.79 Å². The molecule has 6 heteroatoms. The van der Waals surface area contributed by atoms with Gasteiger partial charge in [0.15, 0.2) is 0 Å². The molecule has 0 heterocycles. The summed E-state index contributed by atoms with van der Waals surface area (Å²) in [5.74, 6) is -0.408. The van der Waals surface area contributed by atoms with Gasteiger partial charge in [-0.2, -0.15) is 13.2 Å². The highest BCUT2D eigenvalue weighted by atomic mass is 19.4. The summed E-state index contributed by atoms with van der Waals surface area (Å²) in [7, 11) is 1.54. The zero-order chi connectivity index (χ0) is 17.7. The Morgan fingerprint density at radius 2 is 1.79 bits per heavy atom. The van der Waals surface area contributed by atoms with Crippen molar-refractivity contribution in [1.29, 1.82) is 0 Å². The van der Waals surface area contributed by atoms with E-state index < -0.39 is 17.7 Å². The number of alkyl halides is 3. The van der Waals surface area contributed by atoms with E-state index in [-0.39, 0.29) is 24.1 Å². The molecule has 0 radical (unpaired) electrons. The lowest BCUT2D eigenvalue weighted by molar-refractivity contribution is -0.128. The summed E-state index contributed by atoms with van der Waals surface area (Å²) < 4.78 is 39.9. The third kappa shape index (κ3) is 4.60. The van der Waals surface area contributed by atoms with Crippen LogP contribution in [0.1, 0.15) is 31.2 Å². The van der Waals surface area contributed by atoms with E-state index in [1.54, 1.807) is 13.1 Å². The van der Waals surface area contributed by atoms with E-state index in [9.17, 15) is 18.0 Å². The summed E-state index contributed by atoms with van der Waals surface area (Å²) in [6.07, 6.45) is -0.928. The molecule has 1 aromatic rings. The van der Waals surface area contributed by atoms with Crippen molar-refractivity contribution in [3.05, 3.63) is 42.0 Å². The molecule has 1 aliphatic carbocycles. The van der Waals surface area contributed by atoms with Crippen LogP contribution >= 0.6 is 0 Å². The van der Waals surface area contributed by atoms with Crippen LogP contribution in [0, 0.1) is 5.92 Å². The fraction of sp³-hybridized carbons (Fsp3) is 0.500. The summed E-state index contributed by atoms with van der Waals surface area (Å²) in [6.45, 7) is 0.122. The second kappa shape index (κ2) is 7.83. The Morgan fingerprint density at radius 3 is 2.29 bits per heavy atom. The van der Waals surface area contributed by atoms with Crippen LogP contribution in [0.5, 0.6) is 0 Å². The number of carbonyl (C=O) groups excluding carboxylic acids is 1. The smallest absolute Gasteiger partial charge is 0.396 e. The normalized spacial score (nSPS) is 22.3. The first kappa shape index (κ1) is 18.5. The number of aliphatic hydroxyl groups excluding tert-OH is 1. The Labute approximate surface area is 139 Å². The van der Waals surface area contributed by atoms with Crippen LogP contribution in [0.2, 0.25) is 0 Å². The number of amides is 1. The quantitative estimate of drug-likeness (QED) is 0.850. The second-order valence-corrected chi connectivity index (χ2v) is 6.23. The zero-order valence-electron chi connectivity index (χ0n) is 13.6. The van der Waals surface area contributed by atoms with Gasteiger partial charge in [0.2, 0.25) is 5.91 Å². The van der Waals surface area contributed by atoms with Crippen molar-refractivity contribution in [1.82, 2.24) is 4.90 Å². The molecule has 1 amide bonds. The lowest BCUT2D eigenvalue weighted by atomic mass is 9.86. The molecule has 0 saturated heterocycles. The van der Waals surface area contributed by atoms with Crippen LogP contribution in [0.4, 0.5) is 13.2 Å². The van der Waals surface area contributed by atoms with Crippen molar-refractivity contribution in [2.45, 2.75) is 37.9 Å². The van der Waals surface area contributed by atoms with Crippen LogP contribution in [0.25, 0.3) is 5.57 Å². The van der Waals surface area contributed by atoms with Crippen molar-refractivity contribution in [3.63, 3.8) is 0 Å². The number of likely N-dealkylation sites (N-methyl/N-ethyl adjacent to an activating group) is 1. The summed E-state index contributed by atoms with van der Waals surface area (Å²) in [5, 5.41) is 9.14. The number of benzene rings is 1. The molecule has 1 N–H and O–H groups in total. The number of hydrogen-bond donors (Lipinski definition) is 1. The Hall–Kier alpha value is -1.82. The SMILES string of the molecule is CN(C(=O)/C=C(/c1ccccc1)C(F)(F)F)C1CCC(CO)CC1. The maximum absolute atomic E-state index is 13.3. The van der Waals surface area contributed by atoms with Gasteiger partial charge in [0, 0.05) is 25.8 Å². The first-order valence-electron chi connectivity index (χ1n) is 8.05. The van der Waals surface area contributed by atoms with E-state index in [0.717, 1.165) is 12.8 Å². The van der Waals surface area contributed by atoms with Crippen LogP contribution < -0.4 is 0 Å². The minimum atomic E-state index is -4.59. The molecule has 0 aliphatic heterocycles. The highest BCUT2D eigenvalue weighted by Gasteiger charge is 2.36. The van der Waals surface area contributed by atoms with Crippen molar-refractivity contribution in [3.8, 4) is 0 Å². The highest BCUT2D eigenvalue weighted by molar-refractivity contribution is 5.96. The van der Waals surface area contributed by atoms with Gasteiger partial charge < -0.3 is 10.0 Å². The number of halogens is 3.